The van der Waals surface area contributed by atoms with Crippen molar-refractivity contribution in [3.05, 3.63) is 12.2 Å². The van der Waals surface area contributed by atoms with E-state index in [0.717, 1.165) is 19.5 Å². The zero-order valence-corrected chi connectivity index (χ0v) is 8.16. The van der Waals surface area contributed by atoms with Crippen LogP contribution in [-0.4, -0.2) is 30.6 Å². The van der Waals surface area contributed by atoms with E-state index in [4.69, 9.17) is 5.73 Å². The molecule has 0 heterocycles. The molecule has 12 heavy (non-hydrogen) atoms. The van der Waals surface area contributed by atoms with E-state index < -0.39 is 0 Å². The van der Waals surface area contributed by atoms with Crippen molar-refractivity contribution in [1.82, 2.24) is 4.90 Å². The average molecular weight is 168 g/mol. The molecule has 0 fully saturated rings. The van der Waals surface area contributed by atoms with Crippen LogP contribution in [0.25, 0.3) is 0 Å². The van der Waals surface area contributed by atoms with Gasteiger partial charge in [0.05, 0.1) is 0 Å². The highest BCUT2D eigenvalue weighted by molar-refractivity contribution is 5.05. The Balaban J connectivity index is 2.27. The molecule has 1 aliphatic carbocycles. The van der Waals surface area contributed by atoms with Crippen molar-refractivity contribution in [2.45, 2.75) is 26.3 Å². The molecule has 0 spiro atoms. The van der Waals surface area contributed by atoms with Gasteiger partial charge in [-0.05, 0) is 25.4 Å². The van der Waals surface area contributed by atoms with Crippen LogP contribution in [0.4, 0.5) is 0 Å². The second kappa shape index (κ2) is 4.63. The van der Waals surface area contributed by atoms with Gasteiger partial charge in [0.1, 0.15) is 0 Å². The molecule has 0 saturated carbocycles. The molecule has 0 amide bonds. The highest BCUT2D eigenvalue weighted by atomic mass is 15.1. The van der Waals surface area contributed by atoms with Gasteiger partial charge in [-0.15, -0.1) is 0 Å². The van der Waals surface area contributed by atoms with Crippen LogP contribution in [0.3, 0.4) is 0 Å². The van der Waals surface area contributed by atoms with Crippen molar-refractivity contribution in [2.24, 2.45) is 11.7 Å². The van der Waals surface area contributed by atoms with Crippen molar-refractivity contribution in [3.8, 4) is 0 Å². The van der Waals surface area contributed by atoms with Gasteiger partial charge in [-0.3, -0.25) is 0 Å². The molecule has 2 atom stereocenters. The Bertz CT molecular complexity index is 150. The van der Waals surface area contributed by atoms with Crippen LogP contribution in [0.2, 0.25) is 0 Å². The predicted molar refractivity (Wildman–Crippen MR) is 53.0 cm³/mol. The van der Waals surface area contributed by atoms with E-state index in [1.165, 1.54) is 6.54 Å². The molecule has 0 radical (unpaired) electrons. The highest BCUT2D eigenvalue weighted by Gasteiger charge is 2.16. The second-order valence-electron chi connectivity index (χ2n) is 3.53. The largest absolute Gasteiger partial charge is 0.324 e. The summed E-state index contributed by atoms with van der Waals surface area (Å²) in [6.07, 6.45) is 5.54. The molecular formula is C10H20N2. The maximum Gasteiger partial charge on any atom is 0.0229 e. The Labute approximate surface area is 75.4 Å². The lowest BCUT2D eigenvalue weighted by atomic mass is 10.1. The lowest BCUT2D eigenvalue weighted by Gasteiger charge is -2.21. The van der Waals surface area contributed by atoms with E-state index >= 15 is 0 Å². The third-order valence-corrected chi connectivity index (χ3v) is 2.59. The molecule has 70 valence electrons. The van der Waals surface area contributed by atoms with E-state index in [1.54, 1.807) is 0 Å². The minimum absolute atomic E-state index is 0.311. The third kappa shape index (κ3) is 2.61. The van der Waals surface area contributed by atoms with E-state index in [0.29, 0.717) is 12.0 Å². The van der Waals surface area contributed by atoms with Crippen LogP contribution in [0, 0.1) is 5.92 Å². The molecule has 2 heteroatoms. The van der Waals surface area contributed by atoms with Crippen molar-refractivity contribution >= 4 is 0 Å². The van der Waals surface area contributed by atoms with Gasteiger partial charge in [0.2, 0.25) is 0 Å². The lowest BCUT2D eigenvalue weighted by molar-refractivity contribution is 0.270. The molecule has 2 nitrogen and oxygen atoms in total. The van der Waals surface area contributed by atoms with Crippen molar-refractivity contribution in [1.29, 1.82) is 0 Å². The minimum atomic E-state index is 0.311. The molecule has 0 bridgehead atoms. The monoisotopic (exact) mass is 168 g/mol. The maximum atomic E-state index is 5.78. The summed E-state index contributed by atoms with van der Waals surface area (Å²) in [5.74, 6) is 0.694. The number of nitrogens with zero attached hydrogens (tertiary/aromatic N) is 1. The summed E-state index contributed by atoms with van der Waals surface area (Å²) in [6.45, 7) is 7.90. The number of hydrogen-bond acceptors (Lipinski definition) is 2. The fourth-order valence-corrected chi connectivity index (χ4v) is 1.76. The van der Waals surface area contributed by atoms with Gasteiger partial charge >= 0.3 is 0 Å². The van der Waals surface area contributed by atoms with Crippen LogP contribution in [0.15, 0.2) is 12.2 Å². The van der Waals surface area contributed by atoms with E-state index in [1.807, 2.05) is 0 Å². The van der Waals surface area contributed by atoms with Gasteiger partial charge in [0, 0.05) is 12.6 Å². The topological polar surface area (TPSA) is 29.3 Å². The highest BCUT2D eigenvalue weighted by Crippen LogP contribution is 2.17. The van der Waals surface area contributed by atoms with Crippen molar-refractivity contribution < 1.29 is 0 Å². The standard InChI is InChI=1S/C10H20N2/c1-3-12(4-2)8-9-5-6-10(11)7-9/h5-6,9-10H,3-4,7-8,11H2,1-2H3. The first-order valence-corrected chi connectivity index (χ1v) is 4.92. The number of nitrogens with two attached hydrogens (primary N) is 1. The Morgan fingerprint density at radius 2 is 2.00 bits per heavy atom. The molecular weight excluding hydrogens is 148 g/mol. The molecule has 2 unspecified atom stereocenters. The summed E-state index contributed by atoms with van der Waals surface area (Å²) in [5.41, 5.74) is 5.78. The summed E-state index contributed by atoms with van der Waals surface area (Å²) in [7, 11) is 0. The Morgan fingerprint density at radius 1 is 1.33 bits per heavy atom. The first-order valence-electron chi connectivity index (χ1n) is 4.92. The molecule has 1 aliphatic rings. The SMILES string of the molecule is CCN(CC)CC1C=CC(N)C1. The normalized spacial score (nSPS) is 28.7. The molecule has 0 aromatic heterocycles. The van der Waals surface area contributed by atoms with E-state index in [-0.39, 0.29) is 0 Å². The first-order chi connectivity index (χ1) is 5.76. The van der Waals surface area contributed by atoms with Gasteiger partial charge < -0.3 is 10.6 Å². The fourth-order valence-electron chi connectivity index (χ4n) is 1.76. The van der Waals surface area contributed by atoms with Crippen LogP contribution < -0.4 is 5.73 Å². The summed E-state index contributed by atoms with van der Waals surface area (Å²) in [5, 5.41) is 0. The third-order valence-electron chi connectivity index (χ3n) is 2.59. The number of rotatable bonds is 4. The van der Waals surface area contributed by atoms with Gasteiger partial charge in [-0.1, -0.05) is 26.0 Å². The van der Waals surface area contributed by atoms with Gasteiger partial charge in [0.15, 0.2) is 0 Å². The maximum absolute atomic E-state index is 5.78. The molecule has 0 aromatic rings. The van der Waals surface area contributed by atoms with Gasteiger partial charge in [0.25, 0.3) is 0 Å². The first kappa shape index (κ1) is 9.75. The summed E-state index contributed by atoms with van der Waals surface area (Å²) in [4.78, 5) is 2.45. The predicted octanol–water partition coefficient (Wildman–Crippen LogP) is 1.23. The summed E-state index contributed by atoms with van der Waals surface area (Å²) < 4.78 is 0. The quantitative estimate of drug-likeness (QED) is 0.640. The van der Waals surface area contributed by atoms with Crippen LogP contribution >= 0.6 is 0 Å². The van der Waals surface area contributed by atoms with E-state index in [9.17, 15) is 0 Å². The van der Waals surface area contributed by atoms with Gasteiger partial charge in [-0.2, -0.15) is 0 Å². The Kier molecular flexibility index (Phi) is 3.76. The molecule has 0 aromatic carbocycles. The van der Waals surface area contributed by atoms with Crippen LogP contribution in [0.1, 0.15) is 20.3 Å². The van der Waals surface area contributed by atoms with E-state index in [2.05, 4.69) is 30.9 Å². The van der Waals surface area contributed by atoms with Crippen molar-refractivity contribution in [3.63, 3.8) is 0 Å². The smallest absolute Gasteiger partial charge is 0.0229 e. The molecule has 2 N–H and O–H groups in total. The molecule has 1 rings (SSSR count). The summed E-state index contributed by atoms with van der Waals surface area (Å²) >= 11 is 0. The van der Waals surface area contributed by atoms with Crippen LogP contribution in [0.5, 0.6) is 0 Å². The zero-order chi connectivity index (χ0) is 8.97. The average Bonchev–Trinajstić information content (AvgIpc) is 2.47. The molecule has 0 saturated heterocycles. The molecule has 0 aliphatic heterocycles. The Morgan fingerprint density at radius 3 is 2.42 bits per heavy atom. The van der Waals surface area contributed by atoms with Crippen molar-refractivity contribution in [2.75, 3.05) is 19.6 Å². The van der Waals surface area contributed by atoms with Crippen LogP contribution in [-0.2, 0) is 0 Å². The fraction of sp³-hybridized carbons (Fsp3) is 0.800. The number of hydrogen-bond donors (Lipinski definition) is 1. The lowest BCUT2D eigenvalue weighted by Crippen LogP contribution is -2.29. The zero-order valence-electron chi connectivity index (χ0n) is 8.16. The van der Waals surface area contributed by atoms with Gasteiger partial charge in [-0.25, -0.2) is 0 Å². The minimum Gasteiger partial charge on any atom is -0.324 e. The summed E-state index contributed by atoms with van der Waals surface area (Å²) in [6, 6.07) is 0.311. The second-order valence-corrected chi connectivity index (χ2v) is 3.53. The Hall–Kier alpha value is -0.340.